The van der Waals surface area contributed by atoms with E-state index in [0.29, 0.717) is 11.9 Å². The number of rotatable bonds is 4. The number of fused-ring (bicyclic) bond motifs is 1. The lowest BCUT2D eigenvalue weighted by atomic mass is 9.85. The molecule has 1 saturated carbocycles. The molecule has 0 bridgehead atoms. The standard InChI is InChI=1S/C25H31N5O/c1-18-7-3-4-8-22(18)30-23(31)14-9-19-17-26-25(28-24(19)30)27-20-10-12-21(13-11-20)29-15-5-2-6-16-29/h9-14,17-18,22H,2-8,15-16H2,1H3,(H,26,27,28). The van der Waals surface area contributed by atoms with E-state index in [-0.39, 0.29) is 11.6 Å². The van der Waals surface area contributed by atoms with Crippen molar-refractivity contribution in [1.82, 2.24) is 14.5 Å². The lowest BCUT2D eigenvalue weighted by Crippen LogP contribution is -2.31. The van der Waals surface area contributed by atoms with Crippen LogP contribution in [0.15, 0.2) is 47.4 Å². The fourth-order valence-electron chi connectivity index (χ4n) is 5.14. The molecule has 5 rings (SSSR count). The van der Waals surface area contributed by atoms with Crippen LogP contribution in [0.2, 0.25) is 0 Å². The first kappa shape index (κ1) is 20.0. The summed E-state index contributed by atoms with van der Waals surface area (Å²) in [4.78, 5) is 24.5. The summed E-state index contributed by atoms with van der Waals surface area (Å²) in [6.07, 6.45) is 10.3. The van der Waals surface area contributed by atoms with Gasteiger partial charge in [-0.05, 0) is 68.4 Å². The van der Waals surface area contributed by atoms with Crippen LogP contribution < -0.4 is 15.8 Å². The molecule has 0 spiro atoms. The Morgan fingerprint density at radius 3 is 2.48 bits per heavy atom. The second-order valence-corrected chi connectivity index (χ2v) is 9.06. The van der Waals surface area contributed by atoms with E-state index in [0.717, 1.165) is 49.1 Å². The molecule has 2 unspecified atom stereocenters. The van der Waals surface area contributed by atoms with Gasteiger partial charge in [0.05, 0.1) is 0 Å². The number of hydrogen-bond donors (Lipinski definition) is 1. The van der Waals surface area contributed by atoms with Gasteiger partial charge in [-0.25, -0.2) is 4.98 Å². The van der Waals surface area contributed by atoms with Gasteiger partial charge in [0.25, 0.3) is 5.56 Å². The summed E-state index contributed by atoms with van der Waals surface area (Å²) in [6.45, 7) is 4.52. The molecule has 1 aromatic carbocycles. The number of nitrogens with zero attached hydrogens (tertiary/aromatic N) is 4. The highest BCUT2D eigenvalue weighted by atomic mass is 16.1. The molecule has 0 amide bonds. The Morgan fingerprint density at radius 1 is 0.935 bits per heavy atom. The van der Waals surface area contributed by atoms with Gasteiger partial charge in [-0.15, -0.1) is 0 Å². The molecule has 2 fully saturated rings. The first-order valence-electron chi connectivity index (χ1n) is 11.7. The fraction of sp³-hybridized carbons (Fsp3) is 0.480. The molecular formula is C25H31N5O. The van der Waals surface area contributed by atoms with Gasteiger partial charge in [0, 0.05) is 48.2 Å². The molecule has 6 heteroatoms. The topological polar surface area (TPSA) is 63.1 Å². The van der Waals surface area contributed by atoms with E-state index in [1.807, 2.05) is 16.8 Å². The zero-order valence-corrected chi connectivity index (χ0v) is 18.3. The zero-order chi connectivity index (χ0) is 21.2. The maximum absolute atomic E-state index is 12.8. The zero-order valence-electron chi connectivity index (χ0n) is 18.3. The Kier molecular flexibility index (Phi) is 5.62. The molecule has 2 atom stereocenters. The van der Waals surface area contributed by atoms with E-state index < -0.39 is 0 Å². The van der Waals surface area contributed by atoms with Gasteiger partial charge in [-0.2, -0.15) is 4.98 Å². The highest BCUT2D eigenvalue weighted by Crippen LogP contribution is 2.34. The largest absolute Gasteiger partial charge is 0.372 e. The highest BCUT2D eigenvalue weighted by molar-refractivity contribution is 5.76. The summed E-state index contributed by atoms with van der Waals surface area (Å²) >= 11 is 0. The molecule has 3 aromatic rings. The third kappa shape index (κ3) is 4.16. The lowest BCUT2D eigenvalue weighted by molar-refractivity contribution is 0.257. The predicted molar refractivity (Wildman–Crippen MR) is 126 cm³/mol. The van der Waals surface area contributed by atoms with Crippen molar-refractivity contribution in [2.45, 2.75) is 57.9 Å². The van der Waals surface area contributed by atoms with Crippen molar-refractivity contribution in [3.63, 3.8) is 0 Å². The highest BCUT2D eigenvalue weighted by Gasteiger charge is 2.25. The van der Waals surface area contributed by atoms with E-state index in [2.05, 4.69) is 46.4 Å². The SMILES string of the molecule is CC1CCCCC1n1c(=O)ccc2cnc(Nc3ccc(N4CCCCC4)cc3)nc21. The predicted octanol–water partition coefficient (Wildman–Crippen LogP) is 5.28. The maximum atomic E-state index is 12.8. The third-order valence-electron chi connectivity index (χ3n) is 6.91. The number of benzene rings is 1. The minimum atomic E-state index is 0.0294. The van der Waals surface area contributed by atoms with Crippen LogP contribution in [0.1, 0.15) is 57.9 Å². The molecule has 0 radical (unpaired) electrons. The molecule has 31 heavy (non-hydrogen) atoms. The van der Waals surface area contributed by atoms with Gasteiger partial charge >= 0.3 is 0 Å². The van der Waals surface area contributed by atoms with E-state index in [9.17, 15) is 4.79 Å². The molecule has 1 N–H and O–H groups in total. The van der Waals surface area contributed by atoms with E-state index in [1.165, 1.54) is 31.4 Å². The smallest absolute Gasteiger partial charge is 0.252 e. The number of piperidine rings is 1. The molecule has 6 nitrogen and oxygen atoms in total. The minimum absolute atomic E-state index is 0.0294. The summed E-state index contributed by atoms with van der Waals surface area (Å²) < 4.78 is 1.91. The number of aromatic nitrogens is 3. The van der Waals surface area contributed by atoms with Crippen LogP contribution in [0, 0.1) is 5.92 Å². The molecule has 1 aliphatic heterocycles. The molecule has 2 aromatic heterocycles. The van der Waals surface area contributed by atoms with E-state index in [1.54, 1.807) is 6.07 Å². The van der Waals surface area contributed by atoms with E-state index in [4.69, 9.17) is 4.98 Å². The van der Waals surface area contributed by atoms with Crippen molar-refractivity contribution >= 4 is 28.4 Å². The first-order valence-corrected chi connectivity index (χ1v) is 11.7. The second-order valence-electron chi connectivity index (χ2n) is 9.06. The van der Waals surface area contributed by atoms with Crippen LogP contribution in [0.5, 0.6) is 0 Å². The Hall–Kier alpha value is -2.89. The van der Waals surface area contributed by atoms with Gasteiger partial charge < -0.3 is 10.2 Å². The van der Waals surface area contributed by atoms with Crippen molar-refractivity contribution in [2.75, 3.05) is 23.3 Å². The lowest BCUT2D eigenvalue weighted by Gasteiger charge is -2.31. The number of hydrogen-bond acceptors (Lipinski definition) is 5. The van der Waals surface area contributed by atoms with Gasteiger partial charge in [0.15, 0.2) is 0 Å². The molecule has 162 valence electrons. The van der Waals surface area contributed by atoms with Gasteiger partial charge in [0.1, 0.15) is 5.65 Å². The molecule has 2 aliphatic rings. The normalized spacial score (nSPS) is 21.9. The minimum Gasteiger partial charge on any atom is -0.372 e. The van der Waals surface area contributed by atoms with Gasteiger partial charge in [-0.1, -0.05) is 19.8 Å². The number of anilines is 3. The van der Waals surface area contributed by atoms with Crippen molar-refractivity contribution in [3.05, 3.63) is 52.9 Å². The summed E-state index contributed by atoms with van der Waals surface area (Å²) in [5.41, 5.74) is 2.98. The fourth-order valence-corrected chi connectivity index (χ4v) is 5.14. The Labute approximate surface area is 183 Å². The number of pyridine rings is 1. The third-order valence-corrected chi connectivity index (χ3v) is 6.91. The van der Waals surface area contributed by atoms with Crippen LogP contribution in [-0.2, 0) is 0 Å². The van der Waals surface area contributed by atoms with Gasteiger partial charge in [-0.3, -0.25) is 9.36 Å². The Morgan fingerprint density at radius 2 is 1.71 bits per heavy atom. The Balaban J connectivity index is 1.43. The van der Waals surface area contributed by atoms with Crippen molar-refractivity contribution in [1.29, 1.82) is 0 Å². The van der Waals surface area contributed by atoms with Crippen molar-refractivity contribution in [2.24, 2.45) is 5.92 Å². The number of nitrogens with one attached hydrogen (secondary N) is 1. The van der Waals surface area contributed by atoms with Crippen LogP contribution in [0.3, 0.4) is 0 Å². The summed E-state index contributed by atoms with van der Waals surface area (Å²) in [5.74, 6) is 1.01. The van der Waals surface area contributed by atoms with Crippen molar-refractivity contribution < 1.29 is 0 Å². The molecular weight excluding hydrogens is 386 g/mol. The monoisotopic (exact) mass is 417 g/mol. The van der Waals surface area contributed by atoms with E-state index >= 15 is 0 Å². The first-order chi connectivity index (χ1) is 15.2. The summed E-state index contributed by atoms with van der Waals surface area (Å²) in [7, 11) is 0. The van der Waals surface area contributed by atoms with Crippen LogP contribution in [0.4, 0.5) is 17.3 Å². The quantitative estimate of drug-likeness (QED) is 0.626. The van der Waals surface area contributed by atoms with Crippen molar-refractivity contribution in [3.8, 4) is 0 Å². The maximum Gasteiger partial charge on any atom is 0.252 e. The average Bonchev–Trinajstić information content (AvgIpc) is 2.81. The van der Waals surface area contributed by atoms with Crippen LogP contribution in [0.25, 0.3) is 11.0 Å². The van der Waals surface area contributed by atoms with Crippen LogP contribution in [-0.4, -0.2) is 27.6 Å². The molecule has 1 saturated heterocycles. The van der Waals surface area contributed by atoms with Crippen LogP contribution >= 0.6 is 0 Å². The second kappa shape index (κ2) is 8.69. The summed E-state index contributed by atoms with van der Waals surface area (Å²) in [6, 6.07) is 12.2. The average molecular weight is 418 g/mol. The molecule has 1 aliphatic carbocycles. The Bertz CT molecular complexity index is 1100. The van der Waals surface area contributed by atoms with Gasteiger partial charge in [0.2, 0.25) is 5.95 Å². The molecule has 3 heterocycles. The summed E-state index contributed by atoms with van der Waals surface area (Å²) in [5, 5.41) is 4.24.